The number of carbonyl (C=O) groups is 3. The number of hydrogen-bond acceptors (Lipinski definition) is 4. The van der Waals surface area contributed by atoms with Crippen LogP contribution in [0, 0.1) is 11.2 Å². The Kier molecular flexibility index (Phi) is 5.15. The number of amides is 2. The Morgan fingerprint density at radius 2 is 1.89 bits per heavy atom. The molecule has 0 spiro atoms. The zero-order chi connectivity index (χ0) is 20.5. The lowest BCUT2D eigenvalue weighted by atomic mass is 9.95. The van der Waals surface area contributed by atoms with E-state index in [9.17, 15) is 23.9 Å². The summed E-state index contributed by atoms with van der Waals surface area (Å²) in [6.07, 6.45) is 0. The Hall–Kier alpha value is -3.26. The van der Waals surface area contributed by atoms with Gasteiger partial charge in [0, 0.05) is 11.3 Å². The predicted octanol–water partition coefficient (Wildman–Crippen LogP) is 3.08. The SMILES string of the molecule is CC1(C)CON(Cc2ccc(NC(=O)c3ccccc3C(=O)O)cc2F)C1=O. The van der Waals surface area contributed by atoms with Gasteiger partial charge in [-0.05, 0) is 38.1 Å². The number of carbonyl (C=O) groups excluding carboxylic acids is 2. The fraction of sp³-hybridized carbons (Fsp3) is 0.250. The minimum Gasteiger partial charge on any atom is -0.478 e. The van der Waals surface area contributed by atoms with Gasteiger partial charge in [-0.15, -0.1) is 0 Å². The van der Waals surface area contributed by atoms with Gasteiger partial charge in [-0.3, -0.25) is 14.4 Å². The first-order valence-corrected chi connectivity index (χ1v) is 8.56. The van der Waals surface area contributed by atoms with E-state index in [4.69, 9.17) is 4.84 Å². The lowest BCUT2D eigenvalue weighted by Gasteiger charge is -2.17. The van der Waals surface area contributed by atoms with Crippen LogP contribution in [-0.2, 0) is 16.2 Å². The van der Waals surface area contributed by atoms with Crippen molar-refractivity contribution in [2.24, 2.45) is 5.41 Å². The highest BCUT2D eigenvalue weighted by atomic mass is 19.1. The van der Waals surface area contributed by atoms with E-state index in [0.717, 1.165) is 11.1 Å². The summed E-state index contributed by atoms with van der Waals surface area (Å²) in [6.45, 7) is 3.67. The van der Waals surface area contributed by atoms with Gasteiger partial charge in [0.1, 0.15) is 5.82 Å². The van der Waals surface area contributed by atoms with Gasteiger partial charge in [-0.2, -0.15) is 0 Å². The average Bonchev–Trinajstić information content (AvgIpc) is 2.90. The Balaban J connectivity index is 1.74. The van der Waals surface area contributed by atoms with Crippen LogP contribution in [0.4, 0.5) is 10.1 Å². The highest BCUT2D eigenvalue weighted by molar-refractivity contribution is 6.10. The second-order valence-corrected chi connectivity index (χ2v) is 7.11. The number of aromatic carboxylic acids is 1. The molecule has 146 valence electrons. The van der Waals surface area contributed by atoms with E-state index >= 15 is 0 Å². The van der Waals surface area contributed by atoms with Gasteiger partial charge in [0.15, 0.2) is 0 Å². The molecule has 28 heavy (non-hydrogen) atoms. The van der Waals surface area contributed by atoms with Crippen molar-refractivity contribution >= 4 is 23.5 Å². The van der Waals surface area contributed by atoms with Gasteiger partial charge >= 0.3 is 5.97 Å². The molecule has 1 heterocycles. The van der Waals surface area contributed by atoms with Crippen molar-refractivity contribution in [3.63, 3.8) is 0 Å². The van der Waals surface area contributed by atoms with E-state index < -0.39 is 23.1 Å². The number of carboxylic acid groups (broad SMARTS) is 1. The van der Waals surface area contributed by atoms with Crippen LogP contribution in [-0.4, -0.2) is 34.6 Å². The maximum absolute atomic E-state index is 14.4. The van der Waals surface area contributed by atoms with E-state index in [1.165, 1.54) is 30.3 Å². The fourth-order valence-electron chi connectivity index (χ4n) is 2.79. The zero-order valence-electron chi connectivity index (χ0n) is 15.4. The van der Waals surface area contributed by atoms with Crippen LogP contribution in [0.15, 0.2) is 42.5 Å². The molecule has 0 aliphatic carbocycles. The second kappa shape index (κ2) is 7.40. The highest BCUT2D eigenvalue weighted by Gasteiger charge is 2.40. The van der Waals surface area contributed by atoms with Crippen LogP contribution in [0.25, 0.3) is 0 Å². The molecule has 2 aromatic carbocycles. The molecule has 7 nitrogen and oxygen atoms in total. The number of hydroxylamine groups is 2. The predicted molar refractivity (Wildman–Crippen MR) is 98.0 cm³/mol. The van der Waals surface area contributed by atoms with Gasteiger partial charge in [-0.1, -0.05) is 18.2 Å². The largest absolute Gasteiger partial charge is 0.478 e. The van der Waals surface area contributed by atoms with Crippen molar-refractivity contribution in [3.8, 4) is 0 Å². The van der Waals surface area contributed by atoms with Gasteiger partial charge in [0.05, 0.1) is 29.7 Å². The molecule has 0 saturated carbocycles. The molecule has 3 rings (SSSR count). The molecular weight excluding hydrogens is 367 g/mol. The van der Waals surface area contributed by atoms with Crippen LogP contribution >= 0.6 is 0 Å². The van der Waals surface area contributed by atoms with Crippen LogP contribution in [0.2, 0.25) is 0 Å². The lowest BCUT2D eigenvalue weighted by Crippen LogP contribution is -2.30. The van der Waals surface area contributed by atoms with Crippen LogP contribution < -0.4 is 5.32 Å². The summed E-state index contributed by atoms with van der Waals surface area (Å²) in [5.74, 6) is -2.74. The van der Waals surface area contributed by atoms with Crippen LogP contribution in [0.1, 0.15) is 40.1 Å². The monoisotopic (exact) mass is 386 g/mol. The number of hydrogen-bond donors (Lipinski definition) is 2. The summed E-state index contributed by atoms with van der Waals surface area (Å²) >= 11 is 0. The first-order valence-electron chi connectivity index (χ1n) is 8.56. The molecule has 0 radical (unpaired) electrons. The van der Waals surface area contributed by atoms with Crippen molar-refractivity contribution in [2.45, 2.75) is 20.4 Å². The third kappa shape index (κ3) is 3.86. The number of nitrogens with one attached hydrogen (secondary N) is 1. The maximum atomic E-state index is 14.4. The molecule has 0 bridgehead atoms. The summed E-state index contributed by atoms with van der Waals surface area (Å²) in [4.78, 5) is 41.1. The summed E-state index contributed by atoms with van der Waals surface area (Å²) in [5, 5.41) is 12.8. The Bertz CT molecular complexity index is 957. The minimum atomic E-state index is -1.23. The normalized spacial score (nSPS) is 15.5. The molecule has 8 heteroatoms. The lowest BCUT2D eigenvalue weighted by molar-refractivity contribution is -0.165. The van der Waals surface area contributed by atoms with E-state index in [2.05, 4.69) is 5.32 Å². The van der Waals surface area contributed by atoms with E-state index in [-0.39, 0.29) is 41.4 Å². The van der Waals surface area contributed by atoms with Gasteiger partial charge in [-0.25, -0.2) is 14.2 Å². The quantitative estimate of drug-likeness (QED) is 0.823. The third-order valence-electron chi connectivity index (χ3n) is 4.41. The molecule has 0 atom stereocenters. The van der Waals surface area contributed by atoms with E-state index in [1.807, 2.05) is 0 Å². The molecule has 1 aliphatic heterocycles. The first kappa shape index (κ1) is 19.5. The Labute approximate surface area is 160 Å². The second-order valence-electron chi connectivity index (χ2n) is 7.11. The van der Waals surface area contributed by atoms with Crippen molar-refractivity contribution < 1.29 is 28.7 Å². The molecule has 1 saturated heterocycles. The number of halogens is 1. The van der Waals surface area contributed by atoms with E-state index in [0.29, 0.717) is 0 Å². The summed E-state index contributed by atoms with van der Waals surface area (Å²) in [7, 11) is 0. The molecule has 2 amide bonds. The zero-order valence-corrected chi connectivity index (χ0v) is 15.4. The van der Waals surface area contributed by atoms with Crippen molar-refractivity contribution in [2.75, 3.05) is 11.9 Å². The number of anilines is 1. The molecular formula is C20H19FN2O5. The van der Waals surface area contributed by atoms with Gasteiger partial charge in [0.2, 0.25) is 0 Å². The van der Waals surface area contributed by atoms with E-state index in [1.54, 1.807) is 19.9 Å². The van der Waals surface area contributed by atoms with Crippen molar-refractivity contribution in [1.29, 1.82) is 0 Å². The van der Waals surface area contributed by atoms with Crippen LogP contribution in [0.3, 0.4) is 0 Å². The molecule has 2 aromatic rings. The molecule has 2 N–H and O–H groups in total. The molecule has 1 fully saturated rings. The Morgan fingerprint density at radius 3 is 2.46 bits per heavy atom. The summed E-state index contributed by atoms with van der Waals surface area (Å²) in [5.41, 5.74) is -0.431. The number of carboxylic acids is 1. The summed E-state index contributed by atoms with van der Waals surface area (Å²) in [6, 6.07) is 9.78. The average molecular weight is 386 g/mol. The maximum Gasteiger partial charge on any atom is 0.336 e. The van der Waals surface area contributed by atoms with Gasteiger partial charge < -0.3 is 10.4 Å². The number of benzene rings is 2. The Morgan fingerprint density at radius 1 is 1.21 bits per heavy atom. The molecule has 1 aliphatic rings. The molecule has 0 unspecified atom stereocenters. The number of nitrogens with zero attached hydrogens (tertiary/aromatic N) is 1. The highest BCUT2D eigenvalue weighted by Crippen LogP contribution is 2.29. The third-order valence-corrected chi connectivity index (χ3v) is 4.41. The minimum absolute atomic E-state index is 0.0298. The topological polar surface area (TPSA) is 95.9 Å². The number of rotatable bonds is 5. The fourth-order valence-corrected chi connectivity index (χ4v) is 2.79. The van der Waals surface area contributed by atoms with Crippen molar-refractivity contribution in [3.05, 3.63) is 65.0 Å². The van der Waals surface area contributed by atoms with Crippen LogP contribution in [0.5, 0.6) is 0 Å². The standard InChI is InChI=1S/C20H19FN2O5/c1-20(2)11-28-23(19(20)27)10-12-7-8-13(9-16(12)21)22-17(24)14-5-3-4-6-15(14)18(25)26/h3-9H,10-11H2,1-2H3,(H,22,24)(H,25,26). The smallest absolute Gasteiger partial charge is 0.336 e. The van der Waals surface area contributed by atoms with Crippen molar-refractivity contribution in [1.82, 2.24) is 5.06 Å². The first-order chi connectivity index (χ1) is 13.2. The summed E-state index contributed by atoms with van der Waals surface area (Å²) < 4.78 is 14.4. The van der Waals surface area contributed by atoms with Gasteiger partial charge in [0.25, 0.3) is 11.8 Å². The molecule has 0 aromatic heterocycles.